The molecule has 376 valence electrons. The summed E-state index contributed by atoms with van der Waals surface area (Å²) >= 11 is 0. The van der Waals surface area contributed by atoms with Gasteiger partial charge in [0.25, 0.3) is 0 Å². The average Bonchev–Trinajstić information content (AvgIpc) is 3.33. The molecule has 1 aromatic carbocycles. The largest absolute Gasteiger partial charge is 0.481 e. The molecule has 6 rings (SSSR count). The quantitative estimate of drug-likeness (QED) is 0.0823. The Balaban J connectivity index is 1.56. The maximum atomic E-state index is 15.7. The molecule has 0 bridgehead atoms. The van der Waals surface area contributed by atoms with Crippen molar-refractivity contribution < 1.29 is 81.7 Å². The monoisotopic (exact) mass is 963 g/mol. The second-order valence-electron chi connectivity index (χ2n) is 20.1. The van der Waals surface area contributed by atoms with Crippen molar-refractivity contribution in [3.05, 3.63) is 83.5 Å². The summed E-state index contributed by atoms with van der Waals surface area (Å²) in [6.45, 7) is 18.3. The van der Waals surface area contributed by atoms with Gasteiger partial charge in [-0.1, -0.05) is 56.0 Å². The van der Waals surface area contributed by atoms with E-state index in [0.717, 1.165) is 0 Å². The lowest BCUT2D eigenvalue weighted by Crippen LogP contribution is -2.88. The molecule has 3 saturated carbocycles. The first-order chi connectivity index (χ1) is 32.2. The Morgan fingerprint density at radius 1 is 0.986 bits per heavy atom. The van der Waals surface area contributed by atoms with Gasteiger partial charge < -0.3 is 53.4 Å². The number of carbonyl (C=O) groups is 7. The Kier molecular flexibility index (Phi) is 14.7. The van der Waals surface area contributed by atoms with Crippen LogP contribution in [0.3, 0.4) is 0 Å². The third-order valence-corrected chi connectivity index (χ3v) is 15.0. The number of ether oxygens (including phenoxy) is 8. The van der Waals surface area contributed by atoms with Gasteiger partial charge in [0.1, 0.15) is 41.2 Å². The molecule has 1 saturated heterocycles. The number of carbonyl (C=O) groups excluding carboxylic acids is 6. The van der Waals surface area contributed by atoms with Crippen molar-refractivity contribution in [2.75, 3.05) is 20.8 Å². The number of carboxylic acid groups (broad SMARTS) is 1. The number of rotatable bonds is 16. The summed E-state index contributed by atoms with van der Waals surface area (Å²) in [6, 6.07) is 6.49. The number of benzene rings is 1. The lowest BCUT2D eigenvalue weighted by Gasteiger charge is -2.77. The van der Waals surface area contributed by atoms with Gasteiger partial charge in [0.15, 0.2) is 11.4 Å². The maximum Gasteiger partial charge on any atom is 0.408 e. The van der Waals surface area contributed by atoms with E-state index in [0.29, 0.717) is 0 Å². The predicted molar refractivity (Wildman–Crippen MR) is 244 cm³/mol. The van der Waals surface area contributed by atoms with Crippen LogP contribution in [0.25, 0.3) is 0 Å². The van der Waals surface area contributed by atoms with Gasteiger partial charge in [-0.25, -0.2) is 14.4 Å². The molecule has 4 fully saturated rings. The summed E-state index contributed by atoms with van der Waals surface area (Å²) in [5.74, 6) is -7.80. The van der Waals surface area contributed by atoms with Crippen molar-refractivity contribution in [2.24, 2.45) is 22.7 Å². The van der Waals surface area contributed by atoms with Crippen LogP contribution in [0.5, 0.6) is 0 Å². The van der Waals surface area contributed by atoms with E-state index in [1.54, 1.807) is 84.9 Å². The number of aliphatic hydroxyl groups is 1. The van der Waals surface area contributed by atoms with Crippen molar-refractivity contribution in [2.45, 2.75) is 147 Å². The summed E-state index contributed by atoms with van der Waals surface area (Å²) in [4.78, 5) is 96.5. The molecular formula is C51H65NO17. The number of allylic oxidation sites excluding steroid dienone is 3. The van der Waals surface area contributed by atoms with Crippen LogP contribution in [-0.2, 0) is 61.9 Å². The number of nitrogens with one attached hydrogen (secondary N) is 1. The summed E-state index contributed by atoms with van der Waals surface area (Å²) in [5, 5.41) is 25.7. The second-order valence-corrected chi connectivity index (χ2v) is 20.1. The molecule has 1 heterocycles. The molecular weight excluding hydrogens is 899 g/mol. The minimum absolute atomic E-state index is 0.0384. The molecule has 13 atom stereocenters. The van der Waals surface area contributed by atoms with Gasteiger partial charge in [0, 0.05) is 51.2 Å². The van der Waals surface area contributed by atoms with Gasteiger partial charge in [-0.3, -0.25) is 19.2 Å². The minimum Gasteiger partial charge on any atom is -0.481 e. The molecule has 0 radical (unpaired) electrons. The first kappa shape index (κ1) is 52.7. The van der Waals surface area contributed by atoms with Crippen molar-refractivity contribution in [3.63, 3.8) is 0 Å². The van der Waals surface area contributed by atoms with Gasteiger partial charge in [-0.2, -0.15) is 0 Å². The van der Waals surface area contributed by atoms with Crippen molar-refractivity contribution in [3.8, 4) is 0 Å². The number of hydrogen-bond acceptors (Lipinski definition) is 16. The smallest absolute Gasteiger partial charge is 0.408 e. The molecule has 4 aliphatic carbocycles. The molecule has 3 N–H and O–H groups in total. The fourth-order valence-corrected chi connectivity index (χ4v) is 12.0. The molecule has 18 nitrogen and oxygen atoms in total. The zero-order valence-corrected chi connectivity index (χ0v) is 41.1. The fourth-order valence-electron chi connectivity index (χ4n) is 12.0. The SMILES string of the molecule is C=C(/C=C\C=C/C)[C@H](NC(=O)OC(C)(C)C)[C@@H](OC(=O)CCC(=O)O)C(=O)O[C@H]1C[C@@]2(O)[C@](C)(OC(=O)c3ccccc3)C3[C@@H]4[C@]5(OC(C)=O)CO[C@@H]5C[C@H](OC)[C@@]4(C)C(=O)[C@H](OC)C(=C1C)[C@]32C. The van der Waals surface area contributed by atoms with Crippen LogP contribution in [0.2, 0.25) is 0 Å². The molecule has 1 unspecified atom stereocenters. The van der Waals surface area contributed by atoms with E-state index in [1.165, 1.54) is 46.3 Å². The standard InChI is InChI=1S/C51H65NO17/c1-13-14-16-19-27(2)37(52-45(60)69-46(5,6)7)39(66-35(56)23-22-34(54)55)44(59)65-31-25-51(61)48(9)36(28(31)3)38(63-12)42(57)47(8)32(62-11)24-33-50(26-64-33,67-29(4)53)40(47)41(48)49(51,10)68-43(58)30-20-17-15-18-21-30/h13-21,31-33,37-41,61H,2,22-26H2,1,3-12H3,(H,52,60)(H,54,55)/b14-13-,19-16-/t31-,32-,33+,37-,38+,39+,40-,41?,47+,48+,49+,50-,51-/m0/s1. The molecule has 69 heavy (non-hydrogen) atoms. The number of carboxylic acids is 1. The highest BCUT2D eigenvalue weighted by molar-refractivity contribution is 5.95. The van der Waals surface area contributed by atoms with E-state index in [4.69, 9.17) is 37.9 Å². The zero-order valence-electron chi connectivity index (χ0n) is 41.1. The Hall–Kier alpha value is -5.69. The number of hydrogen-bond donors (Lipinski definition) is 3. The minimum atomic E-state index is -2.21. The van der Waals surface area contributed by atoms with E-state index in [-0.39, 0.29) is 35.3 Å². The van der Waals surface area contributed by atoms with Crippen molar-refractivity contribution in [1.82, 2.24) is 5.32 Å². The third-order valence-electron chi connectivity index (χ3n) is 15.0. The maximum absolute atomic E-state index is 15.7. The molecule has 0 spiro atoms. The van der Waals surface area contributed by atoms with E-state index in [1.807, 2.05) is 0 Å². The highest BCUT2D eigenvalue weighted by Gasteiger charge is 2.89. The van der Waals surface area contributed by atoms with Crippen LogP contribution in [-0.4, -0.2) is 132 Å². The fraction of sp³-hybridized carbons (Fsp3) is 0.588. The van der Waals surface area contributed by atoms with Crippen LogP contribution in [0.4, 0.5) is 4.79 Å². The van der Waals surface area contributed by atoms with Crippen LogP contribution < -0.4 is 5.32 Å². The number of fused-ring (bicyclic) bond motifs is 4. The Morgan fingerprint density at radius 3 is 2.20 bits per heavy atom. The third kappa shape index (κ3) is 8.82. The summed E-state index contributed by atoms with van der Waals surface area (Å²) in [7, 11) is 2.77. The Bertz CT molecular complexity index is 2350. The number of alkyl carbamates (subject to hydrolysis) is 1. The van der Waals surface area contributed by atoms with Crippen LogP contribution in [0, 0.1) is 22.7 Å². The number of Topliss-reactive ketones (excluding diaryl/α,β-unsaturated/α-hetero) is 1. The van der Waals surface area contributed by atoms with Crippen LogP contribution >= 0.6 is 0 Å². The lowest BCUT2D eigenvalue weighted by molar-refractivity contribution is -0.397. The highest BCUT2D eigenvalue weighted by atomic mass is 16.6. The predicted octanol–water partition coefficient (Wildman–Crippen LogP) is 5.30. The van der Waals surface area contributed by atoms with E-state index in [2.05, 4.69) is 11.9 Å². The molecule has 1 aromatic rings. The zero-order chi connectivity index (χ0) is 51.2. The topological polar surface area (TPSA) is 246 Å². The lowest BCUT2D eigenvalue weighted by atomic mass is 9.32. The average molecular weight is 964 g/mol. The molecule has 5 aliphatic rings. The van der Waals surface area contributed by atoms with Gasteiger partial charge in [0.05, 0.1) is 36.5 Å². The first-order valence-electron chi connectivity index (χ1n) is 22.9. The number of amides is 1. The van der Waals surface area contributed by atoms with Crippen LogP contribution in [0.15, 0.2) is 77.9 Å². The van der Waals surface area contributed by atoms with Gasteiger partial charge in [-0.15, -0.1) is 0 Å². The Morgan fingerprint density at radius 2 is 1.65 bits per heavy atom. The molecule has 1 amide bonds. The number of esters is 4. The van der Waals surface area contributed by atoms with Gasteiger partial charge in [0.2, 0.25) is 6.10 Å². The normalized spacial score (nSPS) is 34.3. The van der Waals surface area contributed by atoms with E-state index in [9.17, 15) is 39.0 Å². The molecule has 0 aromatic heterocycles. The van der Waals surface area contributed by atoms with Gasteiger partial charge >= 0.3 is 35.9 Å². The van der Waals surface area contributed by atoms with Crippen molar-refractivity contribution in [1.29, 1.82) is 0 Å². The number of methoxy groups -OCH3 is 2. The Labute approximate surface area is 401 Å². The van der Waals surface area contributed by atoms with E-state index < -0.39 is 143 Å². The molecule has 18 heteroatoms. The molecule has 1 aliphatic heterocycles. The highest BCUT2D eigenvalue weighted by Crippen LogP contribution is 2.78. The first-order valence-corrected chi connectivity index (χ1v) is 22.9. The summed E-state index contributed by atoms with van der Waals surface area (Å²) in [6.07, 6.45) is -2.96. The van der Waals surface area contributed by atoms with Gasteiger partial charge in [-0.05, 0) is 77.3 Å². The summed E-state index contributed by atoms with van der Waals surface area (Å²) < 4.78 is 48.7. The summed E-state index contributed by atoms with van der Waals surface area (Å²) in [5.41, 5.74) is -9.18. The van der Waals surface area contributed by atoms with Crippen LogP contribution in [0.1, 0.15) is 98.4 Å². The number of aliphatic carboxylic acids is 1. The second kappa shape index (κ2) is 19.2. The number of ketones is 1. The van der Waals surface area contributed by atoms with Crippen molar-refractivity contribution >= 4 is 41.7 Å². The van der Waals surface area contributed by atoms with E-state index >= 15 is 4.79 Å².